The minimum absolute atomic E-state index is 0.0425. The highest BCUT2D eigenvalue weighted by Crippen LogP contribution is 2.58. The summed E-state index contributed by atoms with van der Waals surface area (Å²) in [6.45, 7) is 0. The average molecular weight is 634 g/mol. The number of ether oxygens (including phenoxy) is 1. The molecule has 0 radical (unpaired) electrons. The van der Waals surface area contributed by atoms with Gasteiger partial charge in [-0.25, -0.2) is 0 Å². The van der Waals surface area contributed by atoms with E-state index in [2.05, 4.69) is 10.6 Å². The van der Waals surface area contributed by atoms with Gasteiger partial charge in [-0.05, 0) is 84.5 Å². The third kappa shape index (κ3) is 4.95. The highest BCUT2D eigenvalue weighted by atomic mass is 35.5. The molecule has 2 N–H and O–H groups in total. The first kappa shape index (κ1) is 28.6. The van der Waals surface area contributed by atoms with Crippen LogP contribution in [0.4, 0.5) is 18.9 Å². The number of anilines is 1. The quantitative estimate of drug-likeness (QED) is 0.303. The molecule has 216 valence electrons. The summed E-state index contributed by atoms with van der Waals surface area (Å²) in [6, 6.07) is 13.1. The van der Waals surface area contributed by atoms with E-state index in [1.165, 1.54) is 12.1 Å². The van der Waals surface area contributed by atoms with Gasteiger partial charge in [0, 0.05) is 32.7 Å². The van der Waals surface area contributed by atoms with Gasteiger partial charge >= 0.3 is 6.18 Å². The Balaban J connectivity index is 1.52. The second-order valence-electron chi connectivity index (χ2n) is 10.5. The van der Waals surface area contributed by atoms with Crippen molar-refractivity contribution in [2.24, 2.45) is 11.8 Å². The van der Waals surface area contributed by atoms with Crippen LogP contribution in [0.5, 0.6) is 11.5 Å². The molecule has 1 aliphatic carbocycles. The number of halogens is 6. The molecular formula is C31H22Cl3F3N2O3. The van der Waals surface area contributed by atoms with Crippen molar-refractivity contribution in [3.8, 4) is 11.5 Å². The van der Waals surface area contributed by atoms with Gasteiger partial charge in [-0.1, -0.05) is 53.0 Å². The Morgan fingerprint density at radius 1 is 0.905 bits per heavy atom. The summed E-state index contributed by atoms with van der Waals surface area (Å²) in [5, 5.41) is 7.34. The second kappa shape index (κ2) is 10.7. The summed E-state index contributed by atoms with van der Waals surface area (Å²) in [5.41, 5.74) is -0.600. The van der Waals surface area contributed by atoms with E-state index in [1.807, 2.05) is 12.2 Å². The Bertz CT molecular complexity index is 1660. The van der Waals surface area contributed by atoms with Crippen LogP contribution < -0.4 is 15.4 Å². The van der Waals surface area contributed by atoms with E-state index in [4.69, 9.17) is 39.5 Å². The topological polar surface area (TPSA) is 67.4 Å². The number of rotatable bonds is 4. The summed E-state index contributed by atoms with van der Waals surface area (Å²) in [7, 11) is 0. The summed E-state index contributed by atoms with van der Waals surface area (Å²) in [6.07, 6.45) is 1.52. The van der Waals surface area contributed by atoms with Crippen LogP contribution in [-0.4, -0.2) is 11.8 Å². The van der Waals surface area contributed by atoms with Crippen LogP contribution in [0.15, 0.2) is 83.9 Å². The molecule has 0 bridgehead atoms. The molecule has 2 amide bonds. The molecule has 2 heterocycles. The highest BCUT2D eigenvalue weighted by molar-refractivity contribution is 6.31. The van der Waals surface area contributed by atoms with E-state index >= 15 is 0 Å². The third-order valence-corrected chi connectivity index (χ3v) is 8.83. The average Bonchev–Trinajstić information content (AvgIpc) is 3.21. The van der Waals surface area contributed by atoms with Gasteiger partial charge < -0.3 is 15.4 Å². The van der Waals surface area contributed by atoms with Gasteiger partial charge in [0.2, 0.25) is 11.8 Å². The minimum atomic E-state index is -4.50. The highest BCUT2D eigenvalue weighted by Gasteiger charge is 2.62. The Morgan fingerprint density at radius 3 is 2.33 bits per heavy atom. The molecule has 3 aromatic carbocycles. The number of allylic oxidation sites excluding steroid dienone is 4. The molecule has 0 saturated carbocycles. The van der Waals surface area contributed by atoms with E-state index < -0.39 is 29.1 Å². The van der Waals surface area contributed by atoms with E-state index in [0.29, 0.717) is 38.3 Å². The van der Waals surface area contributed by atoms with Crippen molar-refractivity contribution in [1.82, 2.24) is 5.32 Å². The van der Waals surface area contributed by atoms with Crippen LogP contribution in [-0.2, 0) is 21.2 Å². The molecule has 2 aliphatic heterocycles. The third-order valence-electron chi connectivity index (χ3n) is 8.08. The number of amides is 2. The number of hydrogen-bond acceptors (Lipinski definition) is 3. The van der Waals surface area contributed by atoms with Crippen molar-refractivity contribution in [3.05, 3.63) is 111 Å². The van der Waals surface area contributed by atoms with Crippen molar-refractivity contribution in [3.63, 3.8) is 0 Å². The van der Waals surface area contributed by atoms with Gasteiger partial charge in [-0.2, -0.15) is 13.2 Å². The maximum absolute atomic E-state index is 14.3. The van der Waals surface area contributed by atoms with E-state index in [-0.39, 0.29) is 35.7 Å². The fourth-order valence-corrected chi connectivity index (χ4v) is 6.92. The minimum Gasteiger partial charge on any atom is -0.457 e. The maximum Gasteiger partial charge on any atom is 0.416 e. The normalized spacial score (nSPS) is 25.1. The summed E-state index contributed by atoms with van der Waals surface area (Å²) < 4.78 is 45.5. The zero-order chi connectivity index (χ0) is 29.8. The van der Waals surface area contributed by atoms with Crippen LogP contribution in [0.25, 0.3) is 0 Å². The lowest BCUT2D eigenvalue weighted by molar-refractivity contribution is -0.138. The molecule has 3 aliphatic rings. The summed E-state index contributed by atoms with van der Waals surface area (Å²) >= 11 is 19.2. The number of benzene rings is 3. The second-order valence-corrected chi connectivity index (χ2v) is 11.9. The number of fused-ring (bicyclic) bond motifs is 2. The lowest BCUT2D eigenvalue weighted by Gasteiger charge is -2.49. The number of carbonyl (C=O) groups excluding carboxylic acids is 2. The van der Waals surface area contributed by atoms with Crippen molar-refractivity contribution in [2.45, 2.75) is 30.5 Å². The van der Waals surface area contributed by atoms with E-state index in [1.54, 1.807) is 42.5 Å². The van der Waals surface area contributed by atoms with Crippen LogP contribution in [0, 0.1) is 11.8 Å². The molecule has 4 atom stereocenters. The van der Waals surface area contributed by atoms with Crippen LogP contribution >= 0.6 is 34.8 Å². The van der Waals surface area contributed by atoms with Crippen molar-refractivity contribution < 1.29 is 27.5 Å². The van der Waals surface area contributed by atoms with Gasteiger partial charge in [-0.3, -0.25) is 9.59 Å². The Morgan fingerprint density at radius 2 is 1.62 bits per heavy atom. The van der Waals surface area contributed by atoms with Gasteiger partial charge in [0.05, 0.1) is 11.6 Å². The molecule has 5 nitrogen and oxygen atoms in total. The number of nitrogens with one attached hydrogen (secondary N) is 2. The number of piperidine rings is 1. The van der Waals surface area contributed by atoms with Crippen LogP contribution in [0.1, 0.15) is 35.6 Å². The predicted octanol–water partition coefficient (Wildman–Crippen LogP) is 8.57. The molecule has 3 aromatic rings. The number of carbonyl (C=O) groups is 2. The molecule has 1 unspecified atom stereocenters. The fourth-order valence-electron chi connectivity index (χ4n) is 6.32. The zero-order valence-corrected chi connectivity index (χ0v) is 23.9. The lowest BCUT2D eigenvalue weighted by Crippen LogP contribution is -2.59. The van der Waals surface area contributed by atoms with Crippen molar-refractivity contribution in [1.29, 1.82) is 0 Å². The first-order valence-electron chi connectivity index (χ1n) is 13.0. The molecule has 11 heteroatoms. The summed E-state index contributed by atoms with van der Waals surface area (Å²) in [5.74, 6) is -1.07. The Hall–Kier alpha value is -3.46. The SMILES string of the molecule is O=C1C[C@@H](C2C=CC=C(Cl)C2)[C@]2(C(=O)Nc3cc(Cl)ccc32)[C@H](c2cc(Cl)ccc2Oc2ccc(C(F)(F)F)cc2)N1. The van der Waals surface area contributed by atoms with Crippen LogP contribution in [0.2, 0.25) is 10.0 Å². The van der Waals surface area contributed by atoms with Gasteiger partial charge in [-0.15, -0.1) is 0 Å². The molecular weight excluding hydrogens is 612 g/mol. The molecule has 0 aromatic heterocycles. The Kier molecular flexibility index (Phi) is 7.28. The molecule has 42 heavy (non-hydrogen) atoms. The van der Waals surface area contributed by atoms with Gasteiger partial charge in [0.1, 0.15) is 16.9 Å². The first-order chi connectivity index (χ1) is 20.0. The lowest BCUT2D eigenvalue weighted by atomic mass is 9.57. The molecule has 1 spiro atoms. The molecule has 6 rings (SSSR count). The maximum atomic E-state index is 14.3. The van der Waals surface area contributed by atoms with Crippen molar-refractivity contribution in [2.75, 3.05) is 5.32 Å². The smallest absolute Gasteiger partial charge is 0.416 e. The van der Waals surface area contributed by atoms with Crippen molar-refractivity contribution >= 4 is 52.3 Å². The first-order valence-corrected chi connectivity index (χ1v) is 14.2. The Labute approximate surface area is 254 Å². The van der Waals surface area contributed by atoms with E-state index in [0.717, 1.165) is 12.1 Å². The predicted molar refractivity (Wildman–Crippen MR) is 155 cm³/mol. The van der Waals surface area contributed by atoms with Gasteiger partial charge in [0.25, 0.3) is 0 Å². The zero-order valence-electron chi connectivity index (χ0n) is 21.6. The number of hydrogen-bond donors (Lipinski definition) is 2. The molecule has 1 saturated heterocycles. The molecule has 1 fully saturated rings. The van der Waals surface area contributed by atoms with Gasteiger partial charge in [0.15, 0.2) is 0 Å². The monoisotopic (exact) mass is 632 g/mol. The standard InChI is InChI=1S/C31H22Cl3F3N2O3/c32-18-3-1-2-16(12-18)24-15-27(40)39-28(30(24)23-10-6-20(34)14-25(23)38-29(30)41)22-13-19(33)7-11-26(22)42-21-8-4-17(5-9-21)31(35,36)37/h1-11,13-14,16,24,28H,12,15H2,(H,38,41)(H,39,40)/t16?,24-,28-,30-/m0/s1. The van der Waals surface area contributed by atoms with Crippen LogP contribution in [0.3, 0.4) is 0 Å². The summed E-state index contributed by atoms with van der Waals surface area (Å²) in [4.78, 5) is 27.6. The van der Waals surface area contributed by atoms with E-state index in [9.17, 15) is 22.8 Å². The largest absolute Gasteiger partial charge is 0.457 e. The number of alkyl halides is 3. The fraction of sp³-hybridized carbons (Fsp3) is 0.226.